The third-order valence-electron chi connectivity index (χ3n) is 3.45. The number of hydrogen-bond acceptors (Lipinski definition) is 6. The summed E-state index contributed by atoms with van der Waals surface area (Å²) in [5, 5.41) is 6.92. The lowest BCUT2D eigenvalue weighted by Gasteiger charge is -2.26. The molecule has 3 N–H and O–H groups in total. The first-order valence-electron chi connectivity index (χ1n) is 7.47. The zero-order valence-corrected chi connectivity index (χ0v) is 14.4. The summed E-state index contributed by atoms with van der Waals surface area (Å²) in [4.78, 5) is 22.1. The number of halogens is 1. The number of rotatable bonds is 5. The summed E-state index contributed by atoms with van der Waals surface area (Å²) in [5.74, 6) is -1.51. The maximum atomic E-state index is 14.0. The van der Waals surface area contributed by atoms with Crippen LogP contribution in [0, 0.1) is 5.82 Å². The van der Waals surface area contributed by atoms with E-state index < -0.39 is 32.7 Å². The van der Waals surface area contributed by atoms with E-state index in [-0.39, 0.29) is 38.5 Å². The molecule has 1 fully saturated rings. The average molecular weight is 374 g/mol. The number of benzene rings is 1. The van der Waals surface area contributed by atoms with Gasteiger partial charge in [-0.3, -0.25) is 10.1 Å². The van der Waals surface area contributed by atoms with Gasteiger partial charge < -0.3 is 15.4 Å². The van der Waals surface area contributed by atoms with Gasteiger partial charge in [-0.25, -0.2) is 17.6 Å². The van der Waals surface area contributed by atoms with Crippen molar-refractivity contribution < 1.29 is 27.1 Å². The minimum atomic E-state index is -4.00. The molecule has 2 rings (SSSR count). The van der Waals surface area contributed by atoms with Crippen molar-refractivity contribution in [2.75, 3.05) is 45.2 Å². The van der Waals surface area contributed by atoms with E-state index in [4.69, 9.17) is 4.74 Å². The highest BCUT2D eigenvalue weighted by atomic mass is 32.2. The Balaban J connectivity index is 2.11. The lowest BCUT2D eigenvalue weighted by atomic mass is 10.3. The fourth-order valence-corrected chi connectivity index (χ4v) is 3.65. The van der Waals surface area contributed by atoms with Crippen molar-refractivity contribution >= 4 is 27.6 Å². The standard InChI is InChI=1S/C14H19FN4O5S/c1-16-14(21)18-13(20)9-17-10-2-3-11(15)12(8-10)25(22,23)19-4-6-24-7-5-19/h2-3,8,17H,4-7,9H2,1H3,(H2,16,18,20,21). The fourth-order valence-electron chi connectivity index (χ4n) is 2.15. The number of morpholine rings is 1. The van der Waals surface area contributed by atoms with Crippen molar-refractivity contribution in [3.8, 4) is 0 Å². The van der Waals surface area contributed by atoms with Gasteiger partial charge in [0.15, 0.2) is 0 Å². The second-order valence-electron chi connectivity index (χ2n) is 5.14. The summed E-state index contributed by atoms with van der Waals surface area (Å²) in [6.45, 7) is 0.509. The third kappa shape index (κ3) is 4.87. The number of ether oxygens (including phenoxy) is 1. The minimum Gasteiger partial charge on any atom is -0.379 e. The molecule has 138 valence electrons. The van der Waals surface area contributed by atoms with Crippen LogP contribution in [-0.4, -0.2) is 64.6 Å². The van der Waals surface area contributed by atoms with Gasteiger partial charge in [0.2, 0.25) is 15.9 Å². The van der Waals surface area contributed by atoms with Crippen LogP contribution in [0.1, 0.15) is 0 Å². The monoisotopic (exact) mass is 374 g/mol. The van der Waals surface area contributed by atoms with Crippen LogP contribution in [0.25, 0.3) is 0 Å². The third-order valence-corrected chi connectivity index (χ3v) is 5.37. The van der Waals surface area contributed by atoms with Gasteiger partial charge in [-0.1, -0.05) is 0 Å². The minimum absolute atomic E-state index is 0.147. The van der Waals surface area contributed by atoms with E-state index in [0.29, 0.717) is 0 Å². The summed E-state index contributed by atoms with van der Waals surface area (Å²) in [5.41, 5.74) is 0.236. The number of amides is 3. The number of sulfonamides is 1. The molecular formula is C14H19FN4O5S. The zero-order chi connectivity index (χ0) is 18.4. The summed E-state index contributed by atoms with van der Waals surface area (Å²) in [7, 11) is -2.64. The Bertz CT molecular complexity index is 750. The highest BCUT2D eigenvalue weighted by Crippen LogP contribution is 2.23. The van der Waals surface area contributed by atoms with Crippen LogP contribution >= 0.6 is 0 Å². The van der Waals surface area contributed by atoms with E-state index in [1.807, 2.05) is 5.32 Å². The van der Waals surface area contributed by atoms with Crippen molar-refractivity contribution in [1.29, 1.82) is 0 Å². The van der Waals surface area contributed by atoms with Crippen molar-refractivity contribution in [2.45, 2.75) is 4.90 Å². The molecule has 11 heteroatoms. The SMILES string of the molecule is CNC(=O)NC(=O)CNc1ccc(F)c(S(=O)(=O)N2CCOCC2)c1. The van der Waals surface area contributed by atoms with Gasteiger partial charge in [-0.2, -0.15) is 4.31 Å². The van der Waals surface area contributed by atoms with Crippen LogP contribution in [-0.2, 0) is 19.6 Å². The lowest BCUT2D eigenvalue weighted by molar-refractivity contribution is -0.118. The lowest BCUT2D eigenvalue weighted by Crippen LogP contribution is -2.41. The van der Waals surface area contributed by atoms with Gasteiger partial charge in [-0.05, 0) is 18.2 Å². The molecule has 0 saturated carbocycles. The Morgan fingerprint density at radius 1 is 1.28 bits per heavy atom. The Morgan fingerprint density at radius 2 is 1.96 bits per heavy atom. The van der Waals surface area contributed by atoms with Crippen LogP contribution in [0.3, 0.4) is 0 Å². The number of anilines is 1. The van der Waals surface area contributed by atoms with Crippen molar-refractivity contribution in [3.05, 3.63) is 24.0 Å². The number of imide groups is 1. The first-order chi connectivity index (χ1) is 11.8. The van der Waals surface area contributed by atoms with Gasteiger partial charge in [0, 0.05) is 25.8 Å². The Kier molecular flexibility index (Phi) is 6.28. The Labute approximate surface area is 144 Å². The highest BCUT2D eigenvalue weighted by Gasteiger charge is 2.29. The summed E-state index contributed by atoms with van der Waals surface area (Å²) in [6.07, 6.45) is 0. The smallest absolute Gasteiger partial charge is 0.321 e. The van der Waals surface area contributed by atoms with Gasteiger partial charge in [-0.15, -0.1) is 0 Å². The van der Waals surface area contributed by atoms with E-state index in [2.05, 4.69) is 10.6 Å². The molecule has 0 aliphatic carbocycles. The fraction of sp³-hybridized carbons (Fsp3) is 0.429. The summed E-state index contributed by atoms with van der Waals surface area (Å²) in [6, 6.07) is 2.77. The molecule has 1 aliphatic rings. The first-order valence-corrected chi connectivity index (χ1v) is 8.91. The second kappa shape index (κ2) is 8.23. The topological polar surface area (TPSA) is 117 Å². The van der Waals surface area contributed by atoms with Crippen LogP contribution in [0.15, 0.2) is 23.1 Å². The molecule has 0 radical (unpaired) electrons. The molecule has 1 saturated heterocycles. The van der Waals surface area contributed by atoms with E-state index in [0.717, 1.165) is 16.4 Å². The molecule has 9 nitrogen and oxygen atoms in total. The molecule has 0 bridgehead atoms. The average Bonchev–Trinajstić information content (AvgIpc) is 2.61. The normalized spacial score (nSPS) is 15.4. The van der Waals surface area contributed by atoms with Crippen molar-refractivity contribution in [1.82, 2.24) is 14.9 Å². The van der Waals surface area contributed by atoms with Crippen LogP contribution in [0.5, 0.6) is 0 Å². The van der Waals surface area contributed by atoms with Crippen LogP contribution in [0.4, 0.5) is 14.9 Å². The zero-order valence-electron chi connectivity index (χ0n) is 13.5. The van der Waals surface area contributed by atoms with Gasteiger partial charge in [0.1, 0.15) is 10.7 Å². The molecule has 1 aromatic rings. The maximum Gasteiger partial charge on any atom is 0.321 e. The van der Waals surface area contributed by atoms with E-state index in [9.17, 15) is 22.4 Å². The summed E-state index contributed by atoms with van der Waals surface area (Å²) >= 11 is 0. The quantitative estimate of drug-likeness (QED) is 0.652. The van der Waals surface area contributed by atoms with E-state index in [1.54, 1.807) is 0 Å². The molecule has 25 heavy (non-hydrogen) atoms. The Hall–Kier alpha value is -2.24. The molecule has 0 unspecified atom stereocenters. The van der Waals surface area contributed by atoms with Crippen molar-refractivity contribution in [2.24, 2.45) is 0 Å². The number of carbonyl (C=O) groups excluding carboxylic acids is 2. The van der Waals surface area contributed by atoms with Crippen LogP contribution in [0.2, 0.25) is 0 Å². The molecule has 3 amide bonds. The molecule has 0 spiro atoms. The second-order valence-corrected chi connectivity index (χ2v) is 7.05. The van der Waals surface area contributed by atoms with Gasteiger partial charge in [0.05, 0.1) is 19.8 Å². The number of nitrogens with one attached hydrogen (secondary N) is 3. The number of carbonyl (C=O) groups is 2. The van der Waals surface area contributed by atoms with E-state index in [1.165, 1.54) is 13.1 Å². The first kappa shape index (κ1) is 19.1. The predicted octanol–water partition coefficient (Wildman–Crippen LogP) is -0.286. The number of hydrogen-bond donors (Lipinski definition) is 3. The van der Waals surface area contributed by atoms with E-state index >= 15 is 0 Å². The molecule has 0 atom stereocenters. The van der Waals surface area contributed by atoms with Gasteiger partial charge >= 0.3 is 6.03 Å². The largest absolute Gasteiger partial charge is 0.379 e. The molecular weight excluding hydrogens is 355 g/mol. The molecule has 1 aliphatic heterocycles. The summed E-state index contributed by atoms with van der Waals surface area (Å²) < 4.78 is 45.4. The van der Waals surface area contributed by atoms with Crippen LogP contribution < -0.4 is 16.0 Å². The number of urea groups is 1. The maximum absolute atomic E-state index is 14.0. The number of nitrogens with zero attached hydrogens (tertiary/aromatic N) is 1. The van der Waals surface area contributed by atoms with Crippen molar-refractivity contribution in [3.63, 3.8) is 0 Å². The highest BCUT2D eigenvalue weighted by molar-refractivity contribution is 7.89. The molecule has 1 aromatic carbocycles. The molecule has 0 aromatic heterocycles. The van der Waals surface area contributed by atoms with Gasteiger partial charge in [0.25, 0.3) is 0 Å². The Morgan fingerprint density at radius 3 is 2.60 bits per heavy atom. The molecule has 1 heterocycles. The predicted molar refractivity (Wildman–Crippen MR) is 87.1 cm³/mol.